The molecule has 1 amide bonds. The van der Waals surface area contributed by atoms with E-state index in [1.165, 1.54) is 32.4 Å². The van der Waals surface area contributed by atoms with Crippen molar-refractivity contribution in [3.05, 3.63) is 89.5 Å². The molecule has 0 saturated carbocycles. The van der Waals surface area contributed by atoms with Gasteiger partial charge >= 0.3 is 0 Å². The Morgan fingerprint density at radius 2 is 1.72 bits per heavy atom. The van der Waals surface area contributed by atoms with Gasteiger partial charge in [-0.15, -0.1) is 0 Å². The van der Waals surface area contributed by atoms with Crippen LogP contribution in [0, 0.1) is 0 Å². The lowest BCUT2D eigenvalue weighted by Crippen LogP contribution is -2.32. The number of aliphatic hydroxyl groups excluding tert-OH is 1. The van der Waals surface area contributed by atoms with Crippen molar-refractivity contribution in [3.8, 4) is 17.2 Å². The van der Waals surface area contributed by atoms with Gasteiger partial charge in [0.1, 0.15) is 11.9 Å². The lowest BCUT2D eigenvalue weighted by molar-refractivity contribution is -0.117. The van der Waals surface area contributed by atoms with E-state index in [1.54, 1.807) is 60.7 Å². The van der Waals surface area contributed by atoms with Gasteiger partial charge < -0.3 is 23.7 Å². The van der Waals surface area contributed by atoms with Crippen LogP contribution in [0.2, 0.25) is 0 Å². The molecule has 1 aliphatic rings. The molecule has 0 saturated heterocycles. The highest BCUT2D eigenvalue weighted by atomic mass is 16.5. The molecular weight excluding hydrogens is 464 g/mol. The van der Waals surface area contributed by atoms with Gasteiger partial charge in [0.25, 0.3) is 5.91 Å². The Bertz CT molecular complexity index is 1510. The first-order valence-corrected chi connectivity index (χ1v) is 11.0. The summed E-state index contributed by atoms with van der Waals surface area (Å²) in [5.41, 5.74) is 0.636. The molecule has 1 N–H and O–H groups in total. The van der Waals surface area contributed by atoms with E-state index in [9.17, 15) is 14.7 Å². The summed E-state index contributed by atoms with van der Waals surface area (Å²) in [4.78, 5) is 32.8. The van der Waals surface area contributed by atoms with Gasteiger partial charge in [0, 0.05) is 17.1 Å². The van der Waals surface area contributed by atoms with Gasteiger partial charge in [0.05, 0.1) is 26.9 Å². The normalized spacial score (nSPS) is 15.5. The van der Waals surface area contributed by atoms with Crippen LogP contribution < -0.4 is 19.1 Å². The predicted molar refractivity (Wildman–Crippen MR) is 131 cm³/mol. The molecule has 9 heteroatoms. The van der Waals surface area contributed by atoms with Crippen molar-refractivity contribution in [3.63, 3.8) is 0 Å². The van der Waals surface area contributed by atoms with Crippen molar-refractivity contribution >= 4 is 28.5 Å². The first-order chi connectivity index (χ1) is 17.5. The van der Waals surface area contributed by atoms with E-state index < -0.39 is 23.5 Å². The number of hydrogen-bond acceptors (Lipinski definition) is 8. The number of amides is 1. The molecule has 0 fully saturated rings. The molecule has 2 aromatic carbocycles. The Balaban J connectivity index is 1.72. The zero-order valence-corrected chi connectivity index (χ0v) is 19.7. The SMILES string of the molecule is COc1cccc(C2C(C(=O)c3cc4cccc(OC)c4o3)=C(O)C(=O)N2c2ccccn2)c1OC. The summed E-state index contributed by atoms with van der Waals surface area (Å²) in [6.45, 7) is 0. The molecule has 36 heavy (non-hydrogen) atoms. The molecule has 1 unspecified atom stereocenters. The standard InChI is InChI=1S/C27H22N2O7/c1-33-17-10-6-8-15-14-19(36-25(15)17)23(30)21-22(16-9-7-11-18(34-2)26(16)35-3)29(27(32)24(21)31)20-12-4-5-13-28-20/h4-14,22,31H,1-3H3. The number of ketones is 1. The number of methoxy groups -OCH3 is 3. The van der Waals surface area contributed by atoms with Crippen molar-refractivity contribution in [2.45, 2.75) is 6.04 Å². The number of benzene rings is 2. The fourth-order valence-electron chi connectivity index (χ4n) is 4.43. The zero-order valence-electron chi connectivity index (χ0n) is 19.7. The van der Waals surface area contributed by atoms with Gasteiger partial charge in [0.15, 0.2) is 34.4 Å². The molecular formula is C27H22N2O7. The number of pyridine rings is 1. The zero-order chi connectivity index (χ0) is 25.4. The molecule has 2 aromatic heterocycles. The van der Waals surface area contributed by atoms with Crippen LogP contribution in [0.25, 0.3) is 11.0 Å². The molecule has 0 bridgehead atoms. The smallest absolute Gasteiger partial charge is 0.295 e. The number of nitrogens with zero attached hydrogens (tertiary/aromatic N) is 2. The first-order valence-electron chi connectivity index (χ1n) is 11.0. The predicted octanol–water partition coefficient (Wildman–Crippen LogP) is 4.64. The Morgan fingerprint density at radius 3 is 2.42 bits per heavy atom. The largest absolute Gasteiger partial charge is 0.503 e. The van der Waals surface area contributed by atoms with Gasteiger partial charge in [-0.05, 0) is 30.3 Å². The van der Waals surface area contributed by atoms with Crippen molar-refractivity contribution in [2.75, 3.05) is 26.2 Å². The number of hydrogen-bond donors (Lipinski definition) is 1. The molecule has 0 spiro atoms. The topological polar surface area (TPSA) is 111 Å². The number of aromatic nitrogens is 1. The monoisotopic (exact) mass is 486 g/mol. The lowest BCUT2D eigenvalue weighted by atomic mass is 9.94. The quantitative estimate of drug-likeness (QED) is 0.376. The highest BCUT2D eigenvalue weighted by molar-refractivity contribution is 6.20. The number of aliphatic hydroxyl groups is 1. The summed E-state index contributed by atoms with van der Waals surface area (Å²) < 4.78 is 22.2. The number of carbonyl (C=O) groups is 2. The van der Waals surface area contributed by atoms with E-state index in [2.05, 4.69) is 4.98 Å². The molecule has 1 atom stereocenters. The van der Waals surface area contributed by atoms with E-state index >= 15 is 0 Å². The van der Waals surface area contributed by atoms with Crippen LogP contribution in [0.1, 0.15) is 22.2 Å². The molecule has 5 rings (SSSR count). The number of para-hydroxylation sites is 2. The molecule has 4 aromatic rings. The van der Waals surface area contributed by atoms with E-state index in [0.29, 0.717) is 33.8 Å². The van der Waals surface area contributed by atoms with Crippen molar-refractivity contribution < 1.29 is 33.3 Å². The van der Waals surface area contributed by atoms with Crippen LogP contribution in [0.15, 0.2) is 82.6 Å². The Hall–Kier alpha value is -4.79. The van der Waals surface area contributed by atoms with Gasteiger partial charge in [-0.2, -0.15) is 0 Å². The number of carbonyl (C=O) groups excluding carboxylic acids is 2. The van der Waals surface area contributed by atoms with Gasteiger partial charge in [-0.1, -0.05) is 30.3 Å². The van der Waals surface area contributed by atoms with E-state index in [-0.39, 0.29) is 17.2 Å². The molecule has 3 heterocycles. The summed E-state index contributed by atoms with van der Waals surface area (Å²) in [7, 11) is 4.44. The number of rotatable bonds is 7. The van der Waals surface area contributed by atoms with Gasteiger partial charge in [-0.25, -0.2) is 4.98 Å². The molecule has 9 nitrogen and oxygen atoms in total. The minimum atomic E-state index is -1.07. The van der Waals surface area contributed by atoms with Crippen LogP contribution in [0.4, 0.5) is 5.82 Å². The second kappa shape index (κ2) is 9.10. The summed E-state index contributed by atoms with van der Waals surface area (Å²) in [6.07, 6.45) is 1.52. The van der Waals surface area contributed by atoms with E-state index in [4.69, 9.17) is 18.6 Å². The van der Waals surface area contributed by atoms with E-state index in [0.717, 1.165) is 0 Å². The first kappa shape index (κ1) is 23.0. The summed E-state index contributed by atoms with van der Waals surface area (Å²) in [5.74, 6) is -0.786. The molecule has 0 aliphatic carbocycles. The summed E-state index contributed by atoms with van der Waals surface area (Å²) >= 11 is 0. The number of ether oxygens (including phenoxy) is 3. The summed E-state index contributed by atoms with van der Waals surface area (Å²) in [5, 5.41) is 11.7. The maximum absolute atomic E-state index is 13.9. The maximum Gasteiger partial charge on any atom is 0.295 e. The van der Waals surface area contributed by atoms with Crippen LogP contribution in [0.3, 0.4) is 0 Å². The molecule has 0 radical (unpaired) electrons. The van der Waals surface area contributed by atoms with Crippen molar-refractivity contribution in [2.24, 2.45) is 0 Å². The van der Waals surface area contributed by atoms with Crippen LogP contribution in [0.5, 0.6) is 17.2 Å². The second-order valence-electron chi connectivity index (χ2n) is 7.93. The van der Waals surface area contributed by atoms with Gasteiger partial charge in [-0.3, -0.25) is 14.5 Å². The molecule has 182 valence electrons. The number of furan rings is 1. The highest BCUT2D eigenvalue weighted by Gasteiger charge is 2.47. The number of Topliss-reactive ketones (excluding diaryl/α,β-unsaturated/α-hetero) is 1. The van der Waals surface area contributed by atoms with Crippen LogP contribution in [-0.4, -0.2) is 43.1 Å². The fraction of sp³-hybridized carbons (Fsp3) is 0.148. The fourth-order valence-corrected chi connectivity index (χ4v) is 4.43. The van der Waals surface area contributed by atoms with Gasteiger partial charge in [0.2, 0.25) is 5.78 Å². The lowest BCUT2D eigenvalue weighted by Gasteiger charge is -2.27. The third-order valence-corrected chi connectivity index (χ3v) is 6.03. The third kappa shape index (κ3) is 3.52. The van der Waals surface area contributed by atoms with E-state index in [1.807, 2.05) is 0 Å². The summed E-state index contributed by atoms with van der Waals surface area (Å²) in [6, 6.07) is 15.9. The Kier molecular flexibility index (Phi) is 5.81. The van der Waals surface area contributed by atoms with Crippen LogP contribution in [-0.2, 0) is 4.79 Å². The third-order valence-electron chi connectivity index (χ3n) is 6.03. The second-order valence-corrected chi connectivity index (χ2v) is 7.93. The maximum atomic E-state index is 13.9. The van der Waals surface area contributed by atoms with Crippen molar-refractivity contribution in [1.82, 2.24) is 4.98 Å². The minimum Gasteiger partial charge on any atom is -0.503 e. The highest BCUT2D eigenvalue weighted by Crippen LogP contribution is 2.47. The Morgan fingerprint density at radius 1 is 0.972 bits per heavy atom. The molecule has 1 aliphatic heterocycles. The average Bonchev–Trinajstić information content (AvgIpc) is 3.47. The minimum absolute atomic E-state index is 0.0569. The Labute approximate surface area is 206 Å². The number of anilines is 1. The van der Waals surface area contributed by atoms with Crippen LogP contribution >= 0.6 is 0 Å². The average molecular weight is 486 g/mol. The number of fused-ring (bicyclic) bond motifs is 1. The van der Waals surface area contributed by atoms with Crippen molar-refractivity contribution in [1.29, 1.82) is 0 Å².